The van der Waals surface area contributed by atoms with Gasteiger partial charge in [-0.15, -0.1) is 0 Å². The lowest BCUT2D eigenvalue weighted by molar-refractivity contribution is 0.368. The summed E-state index contributed by atoms with van der Waals surface area (Å²) < 4.78 is 31.8. The number of rotatable bonds is 11. The summed E-state index contributed by atoms with van der Waals surface area (Å²) in [4.78, 5) is 9.97. The van der Waals surface area contributed by atoms with Gasteiger partial charge in [0.15, 0.2) is 0 Å². The van der Waals surface area contributed by atoms with Gasteiger partial charge in [-0.25, -0.2) is 8.78 Å². The fourth-order valence-corrected chi connectivity index (χ4v) is 7.55. The lowest BCUT2D eigenvalue weighted by atomic mass is 9.84. The summed E-state index contributed by atoms with van der Waals surface area (Å²) in [6, 6.07) is 34.6. The highest BCUT2D eigenvalue weighted by Gasteiger charge is 2.28. The van der Waals surface area contributed by atoms with Crippen LogP contribution < -0.4 is 11.9 Å². The normalized spacial score (nSPS) is 11.9. The zero-order valence-corrected chi connectivity index (χ0v) is 28.8. The molecule has 0 saturated carbocycles. The zero-order chi connectivity index (χ0) is 34.2. The van der Waals surface area contributed by atoms with Crippen LogP contribution in [0.3, 0.4) is 0 Å². The molecular formula is C43H42F2N6. The Hall–Kier alpha value is -5.44. The van der Waals surface area contributed by atoms with E-state index in [2.05, 4.69) is 76.7 Å². The Kier molecular flexibility index (Phi) is 9.38. The molecule has 5 N–H and O–H groups in total. The highest BCUT2D eigenvalue weighted by molar-refractivity contribution is 6.08. The van der Waals surface area contributed by atoms with Crippen molar-refractivity contribution in [1.82, 2.24) is 25.3 Å². The molecule has 8 aromatic rings. The highest BCUT2D eigenvalue weighted by atomic mass is 19.1. The molecule has 0 aliphatic rings. The van der Waals surface area contributed by atoms with Gasteiger partial charge in [-0.3, -0.25) is 9.97 Å². The molecule has 4 aromatic heterocycles. The summed E-state index contributed by atoms with van der Waals surface area (Å²) in [5.74, 6) is -0.473. The molecule has 0 saturated heterocycles. The van der Waals surface area contributed by atoms with Gasteiger partial charge < -0.3 is 21.0 Å². The van der Waals surface area contributed by atoms with Crippen LogP contribution in [0.15, 0.2) is 122 Å². The molecule has 6 nitrogen and oxygen atoms in total. The topological polar surface area (TPSA) is 96.7 Å². The number of fused-ring (bicyclic) bond motifs is 6. The Balaban J connectivity index is 0.00000406. The molecule has 8 heteroatoms. The van der Waals surface area contributed by atoms with Crippen LogP contribution in [0.25, 0.3) is 43.6 Å². The van der Waals surface area contributed by atoms with Gasteiger partial charge in [0.25, 0.3) is 0 Å². The van der Waals surface area contributed by atoms with E-state index >= 15 is 0 Å². The molecule has 258 valence electrons. The first kappa shape index (κ1) is 34.0. The number of nitrogens with zero attached hydrogens (tertiary/aromatic N) is 4. The molecule has 51 heavy (non-hydrogen) atoms. The molecule has 0 atom stereocenters. The van der Waals surface area contributed by atoms with Gasteiger partial charge in [0.2, 0.25) is 0 Å². The molecule has 8 rings (SSSR count). The van der Waals surface area contributed by atoms with Gasteiger partial charge in [-0.1, -0.05) is 80.4 Å². The molecule has 0 aliphatic carbocycles. The lowest BCUT2D eigenvalue weighted by Crippen LogP contribution is -2.44. The maximum atomic E-state index is 13.6. The van der Waals surface area contributed by atoms with Crippen LogP contribution in [0, 0.1) is 11.6 Å². The number of nitrogens with two attached hydrogens (primary N) is 1. The Morgan fingerprint density at radius 2 is 1.02 bits per heavy atom. The van der Waals surface area contributed by atoms with Crippen molar-refractivity contribution in [2.24, 2.45) is 5.73 Å². The van der Waals surface area contributed by atoms with E-state index in [9.17, 15) is 8.78 Å². The monoisotopic (exact) mass is 680 g/mol. The molecule has 0 spiro atoms. The van der Waals surface area contributed by atoms with Crippen molar-refractivity contribution in [3.05, 3.63) is 156 Å². The van der Waals surface area contributed by atoms with E-state index in [0.29, 0.717) is 25.9 Å². The Labute approximate surface area is 296 Å². The van der Waals surface area contributed by atoms with Crippen molar-refractivity contribution in [3.63, 3.8) is 0 Å². The second-order valence-corrected chi connectivity index (χ2v) is 13.7. The van der Waals surface area contributed by atoms with E-state index in [0.717, 1.165) is 85.4 Å². The van der Waals surface area contributed by atoms with E-state index < -0.39 is 5.54 Å². The fraction of sp³-hybridized carbons (Fsp3) is 0.209. The van der Waals surface area contributed by atoms with Crippen LogP contribution in [0.2, 0.25) is 0 Å². The van der Waals surface area contributed by atoms with Crippen LogP contribution in [0.1, 0.15) is 48.7 Å². The molecular weight excluding hydrogens is 639 g/mol. The predicted molar refractivity (Wildman–Crippen MR) is 204 cm³/mol. The molecule has 4 heterocycles. The molecule has 4 aromatic carbocycles. The molecule has 0 radical (unpaired) electrons. The number of benzene rings is 4. The van der Waals surface area contributed by atoms with Gasteiger partial charge in [-0.05, 0) is 66.1 Å². The number of pyridine rings is 2. The first-order chi connectivity index (χ1) is 24.4. The third-order valence-corrected chi connectivity index (χ3v) is 10.0. The van der Waals surface area contributed by atoms with Gasteiger partial charge in [0.05, 0.1) is 23.4 Å². The van der Waals surface area contributed by atoms with Crippen molar-refractivity contribution >= 4 is 43.6 Å². The van der Waals surface area contributed by atoms with Crippen molar-refractivity contribution in [1.29, 1.82) is 0 Å². The third kappa shape index (κ3) is 6.72. The van der Waals surface area contributed by atoms with Crippen LogP contribution >= 0.6 is 0 Å². The van der Waals surface area contributed by atoms with E-state index in [-0.39, 0.29) is 17.8 Å². The van der Waals surface area contributed by atoms with Crippen molar-refractivity contribution in [2.45, 2.75) is 57.7 Å². The van der Waals surface area contributed by atoms with Crippen LogP contribution in [-0.2, 0) is 25.9 Å². The summed E-state index contributed by atoms with van der Waals surface area (Å²) in [6.45, 7) is 3.44. The first-order valence-electron chi connectivity index (χ1n) is 17.4. The Morgan fingerprint density at radius 1 is 0.588 bits per heavy atom. The second-order valence-electron chi connectivity index (χ2n) is 13.7. The average molecular weight is 681 g/mol. The first-order valence-corrected chi connectivity index (χ1v) is 17.4. The van der Waals surface area contributed by atoms with E-state index in [4.69, 9.17) is 15.7 Å². The minimum Gasteiger partial charge on any atom is -0.344 e. The summed E-state index contributed by atoms with van der Waals surface area (Å²) >= 11 is 0. The summed E-state index contributed by atoms with van der Waals surface area (Å²) in [6.07, 6.45) is 8.07. The summed E-state index contributed by atoms with van der Waals surface area (Å²) in [7, 11) is 0. The van der Waals surface area contributed by atoms with Gasteiger partial charge >= 0.3 is 0 Å². The van der Waals surface area contributed by atoms with Crippen LogP contribution in [-0.4, -0.2) is 24.6 Å². The zero-order valence-electron chi connectivity index (χ0n) is 28.8. The smallest absolute Gasteiger partial charge is 0.123 e. The maximum absolute atomic E-state index is 13.6. The quantitative estimate of drug-likeness (QED) is 0.142. The van der Waals surface area contributed by atoms with E-state index in [1.165, 1.54) is 24.3 Å². The van der Waals surface area contributed by atoms with Gasteiger partial charge in [0.1, 0.15) is 11.6 Å². The average Bonchev–Trinajstić information content (AvgIpc) is 3.60. The number of halogens is 2. The van der Waals surface area contributed by atoms with E-state index in [1.807, 2.05) is 36.7 Å². The van der Waals surface area contributed by atoms with Gasteiger partial charge in [0, 0.05) is 75.4 Å². The number of unbranched alkanes of at least 4 members (excludes halogenated alkanes) is 1. The second kappa shape index (κ2) is 14.1. The van der Waals surface area contributed by atoms with Gasteiger partial charge in [-0.2, -0.15) is 0 Å². The molecule has 0 bridgehead atoms. The summed E-state index contributed by atoms with van der Waals surface area (Å²) in [5, 5.41) is 4.60. The Morgan fingerprint density at radius 3 is 1.45 bits per heavy atom. The summed E-state index contributed by atoms with van der Waals surface area (Å²) in [5.41, 5.74) is 15.1. The van der Waals surface area contributed by atoms with Crippen LogP contribution in [0.4, 0.5) is 8.78 Å². The van der Waals surface area contributed by atoms with Crippen molar-refractivity contribution < 1.29 is 8.78 Å². The molecule has 0 aliphatic heterocycles. The number of para-hydroxylation sites is 2. The molecule has 0 fully saturated rings. The third-order valence-electron chi connectivity index (χ3n) is 10.0. The number of aromatic nitrogens is 4. The number of hydrogen-bond donors (Lipinski definition) is 2. The van der Waals surface area contributed by atoms with Crippen molar-refractivity contribution in [3.8, 4) is 0 Å². The largest absolute Gasteiger partial charge is 0.344 e. The minimum absolute atomic E-state index is 0. The van der Waals surface area contributed by atoms with Crippen molar-refractivity contribution in [2.75, 3.05) is 0 Å². The minimum atomic E-state index is -0.545. The highest BCUT2D eigenvalue weighted by Crippen LogP contribution is 2.33. The molecule has 0 unspecified atom stereocenters. The maximum Gasteiger partial charge on any atom is 0.123 e. The predicted octanol–water partition coefficient (Wildman–Crippen LogP) is 9.90. The van der Waals surface area contributed by atoms with E-state index in [1.54, 1.807) is 0 Å². The lowest BCUT2D eigenvalue weighted by Gasteiger charge is -2.29. The fourth-order valence-electron chi connectivity index (χ4n) is 7.55. The Bertz CT molecular complexity index is 2300. The number of hydrogen-bond acceptors (Lipinski definition) is 4. The van der Waals surface area contributed by atoms with Crippen LogP contribution in [0.5, 0.6) is 0 Å². The standard InChI is InChI=1S/C43H39F2N5.H3N/c1-2-3-20-43(46,23-33-21-37-35-8-4-6-10-39(35)49(41(37)25-47-33)27-29-12-16-31(44)17-13-29)24-34-22-38-36-9-5-7-11-40(36)50(42(38)26-48-34)28-30-14-18-32(45)19-15-30;/h4-19,21-22,25-26H,2-3,20,23-24,27-28,46H2,1H3;1H3. The SMILES string of the molecule is CCCCC(N)(Cc1cc2c3ccccc3n(Cc3ccc(F)cc3)c2cn1)Cc1cc2c3ccccc3n(Cc3ccc(F)cc3)c2cn1.N. The molecule has 0 amide bonds.